The summed E-state index contributed by atoms with van der Waals surface area (Å²) in [6.45, 7) is 4.00. The normalized spacial score (nSPS) is 8.88. The Labute approximate surface area is 98.2 Å². The van der Waals surface area contributed by atoms with Gasteiger partial charge in [0.05, 0.1) is 0 Å². The number of para-hydroxylation sites is 1. The van der Waals surface area contributed by atoms with Gasteiger partial charge in [-0.25, -0.2) is 0 Å². The van der Waals surface area contributed by atoms with E-state index in [2.05, 4.69) is 0 Å². The molecule has 0 unspecified atom stereocenters. The van der Waals surface area contributed by atoms with Crippen molar-refractivity contribution in [3.8, 4) is 11.5 Å². The van der Waals surface area contributed by atoms with Gasteiger partial charge in [0.2, 0.25) is 0 Å². The minimum absolute atomic E-state index is 0. The monoisotopic (exact) mass is 217 g/mol. The predicted octanol–water partition coefficient (Wildman–Crippen LogP) is 4.33. The molecule has 0 amide bonds. The van der Waals surface area contributed by atoms with Gasteiger partial charge in [-0.2, -0.15) is 0 Å². The Balaban J connectivity index is 0.000000811. The average Bonchev–Trinajstić information content (AvgIpc) is 2.36. The van der Waals surface area contributed by atoms with E-state index < -0.39 is 0 Å². The summed E-state index contributed by atoms with van der Waals surface area (Å²) < 4.78 is 5.58. The first-order valence-electron chi connectivity index (χ1n) is 5.43. The standard InChI is InChI=1S/C12H11NO.C2H6.H2/c13-10-6-8-12(9-7-10)14-11-4-2-1-3-5-11;1-2;/h1-9H,13H2;1-2H3;1H. The first-order valence-corrected chi connectivity index (χ1v) is 5.43. The summed E-state index contributed by atoms with van der Waals surface area (Å²) in [6, 6.07) is 17.0. The molecule has 0 heterocycles. The zero-order valence-corrected chi connectivity index (χ0v) is 9.68. The summed E-state index contributed by atoms with van der Waals surface area (Å²) in [7, 11) is 0. The van der Waals surface area contributed by atoms with Gasteiger partial charge in [0.15, 0.2) is 0 Å². The van der Waals surface area contributed by atoms with Crippen LogP contribution in [0.25, 0.3) is 0 Å². The second kappa shape index (κ2) is 6.51. The van der Waals surface area contributed by atoms with Gasteiger partial charge in [-0.05, 0) is 36.4 Å². The van der Waals surface area contributed by atoms with Crippen LogP contribution in [0.5, 0.6) is 11.5 Å². The highest BCUT2D eigenvalue weighted by Gasteiger charge is 1.94. The average molecular weight is 217 g/mol. The molecule has 0 atom stereocenters. The first-order chi connectivity index (χ1) is 7.84. The van der Waals surface area contributed by atoms with Crippen LogP contribution in [0.4, 0.5) is 5.69 Å². The Morgan fingerprint density at radius 2 is 1.31 bits per heavy atom. The van der Waals surface area contributed by atoms with Crippen LogP contribution < -0.4 is 10.5 Å². The zero-order chi connectivity index (χ0) is 11.8. The lowest BCUT2D eigenvalue weighted by Crippen LogP contribution is -1.85. The SMILES string of the molecule is CC.Nc1ccc(Oc2ccccc2)cc1.[HH]. The number of hydrogen-bond donors (Lipinski definition) is 1. The van der Waals surface area contributed by atoms with Gasteiger partial charge < -0.3 is 10.5 Å². The van der Waals surface area contributed by atoms with Crippen LogP contribution in [-0.2, 0) is 0 Å². The summed E-state index contributed by atoms with van der Waals surface area (Å²) in [4.78, 5) is 0. The van der Waals surface area contributed by atoms with Gasteiger partial charge >= 0.3 is 0 Å². The van der Waals surface area contributed by atoms with Crippen molar-refractivity contribution in [2.45, 2.75) is 13.8 Å². The molecule has 86 valence electrons. The Morgan fingerprint density at radius 3 is 1.88 bits per heavy atom. The van der Waals surface area contributed by atoms with Crippen molar-refractivity contribution in [1.29, 1.82) is 0 Å². The molecule has 0 saturated heterocycles. The number of rotatable bonds is 2. The van der Waals surface area contributed by atoms with Crippen LogP contribution in [0.3, 0.4) is 0 Å². The predicted molar refractivity (Wildman–Crippen MR) is 70.8 cm³/mol. The van der Waals surface area contributed by atoms with Gasteiger partial charge in [0.1, 0.15) is 11.5 Å². The largest absolute Gasteiger partial charge is 0.457 e. The van der Waals surface area contributed by atoms with Crippen LogP contribution in [0.15, 0.2) is 54.6 Å². The quantitative estimate of drug-likeness (QED) is 0.760. The van der Waals surface area contributed by atoms with E-state index in [1.165, 1.54) is 0 Å². The minimum Gasteiger partial charge on any atom is -0.457 e. The van der Waals surface area contributed by atoms with E-state index in [-0.39, 0.29) is 1.43 Å². The number of hydrogen-bond acceptors (Lipinski definition) is 2. The zero-order valence-electron chi connectivity index (χ0n) is 9.68. The van der Waals surface area contributed by atoms with E-state index in [4.69, 9.17) is 10.5 Å². The summed E-state index contributed by atoms with van der Waals surface area (Å²) in [5.74, 6) is 1.63. The number of benzene rings is 2. The molecule has 2 rings (SSSR count). The topological polar surface area (TPSA) is 35.2 Å². The molecule has 0 spiro atoms. The minimum atomic E-state index is 0. The Kier molecular flexibility index (Phi) is 4.93. The fourth-order valence-corrected chi connectivity index (χ4v) is 1.16. The van der Waals surface area contributed by atoms with Crippen LogP contribution >= 0.6 is 0 Å². The molecule has 0 saturated carbocycles. The summed E-state index contributed by atoms with van der Waals surface area (Å²) in [6.07, 6.45) is 0. The lowest BCUT2D eigenvalue weighted by molar-refractivity contribution is 0.483. The molecule has 2 nitrogen and oxygen atoms in total. The fourth-order valence-electron chi connectivity index (χ4n) is 1.16. The third kappa shape index (κ3) is 3.65. The second-order valence-electron chi connectivity index (χ2n) is 2.98. The molecule has 2 N–H and O–H groups in total. The molecule has 16 heavy (non-hydrogen) atoms. The lowest BCUT2D eigenvalue weighted by Gasteiger charge is -2.04. The van der Waals surface area contributed by atoms with Gasteiger partial charge in [-0.3, -0.25) is 0 Å². The Morgan fingerprint density at radius 1 is 0.812 bits per heavy atom. The molecule has 0 fully saturated rings. The van der Waals surface area contributed by atoms with E-state index in [1.807, 2.05) is 68.4 Å². The van der Waals surface area contributed by atoms with Gasteiger partial charge in [-0.1, -0.05) is 32.0 Å². The van der Waals surface area contributed by atoms with E-state index in [9.17, 15) is 0 Å². The second-order valence-corrected chi connectivity index (χ2v) is 2.98. The Bertz CT molecular complexity index is 400. The lowest BCUT2D eigenvalue weighted by atomic mass is 10.3. The van der Waals surface area contributed by atoms with Gasteiger partial charge in [-0.15, -0.1) is 0 Å². The van der Waals surface area contributed by atoms with E-state index >= 15 is 0 Å². The molecular weight excluding hydrogens is 198 g/mol. The van der Waals surface area contributed by atoms with Crippen molar-refractivity contribution in [2.75, 3.05) is 5.73 Å². The van der Waals surface area contributed by atoms with E-state index in [1.54, 1.807) is 0 Å². The number of nitrogens with two attached hydrogens (primary N) is 1. The van der Waals surface area contributed by atoms with Gasteiger partial charge in [0, 0.05) is 7.11 Å². The number of nitrogen functional groups attached to an aromatic ring is 1. The first kappa shape index (κ1) is 12.1. The van der Waals surface area contributed by atoms with Crippen molar-refractivity contribution in [2.24, 2.45) is 0 Å². The molecule has 0 aliphatic heterocycles. The fraction of sp³-hybridized carbons (Fsp3) is 0.143. The van der Waals surface area contributed by atoms with E-state index in [0.717, 1.165) is 17.2 Å². The molecule has 2 heteroatoms. The van der Waals surface area contributed by atoms with Crippen molar-refractivity contribution in [1.82, 2.24) is 0 Å². The van der Waals surface area contributed by atoms with Crippen molar-refractivity contribution >= 4 is 5.69 Å². The third-order valence-electron chi connectivity index (χ3n) is 1.86. The van der Waals surface area contributed by atoms with Gasteiger partial charge in [0.25, 0.3) is 0 Å². The molecule has 0 aromatic heterocycles. The van der Waals surface area contributed by atoms with Crippen LogP contribution in [0.1, 0.15) is 15.3 Å². The molecule has 0 aliphatic carbocycles. The van der Waals surface area contributed by atoms with Crippen LogP contribution in [0, 0.1) is 0 Å². The summed E-state index contributed by atoms with van der Waals surface area (Å²) >= 11 is 0. The highest BCUT2D eigenvalue weighted by atomic mass is 16.5. The maximum atomic E-state index is 5.58. The molecule has 0 aliphatic rings. The molecule has 2 aromatic rings. The number of ether oxygens (including phenoxy) is 1. The van der Waals surface area contributed by atoms with Crippen molar-refractivity contribution in [3.05, 3.63) is 54.6 Å². The summed E-state index contributed by atoms with van der Waals surface area (Å²) in [5, 5.41) is 0. The van der Waals surface area contributed by atoms with E-state index in [0.29, 0.717) is 0 Å². The van der Waals surface area contributed by atoms with Crippen molar-refractivity contribution < 1.29 is 6.16 Å². The molecule has 0 radical (unpaired) electrons. The smallest absolute Gasteiger partial charge is 0.127 e. The third-order valence-corrected chi connectivity index (χ3v) is 1.86. The van der Waals surface area contributed by atoms with Crippen molar-refractivity contribution in [3.63, 3.8) is 0 Å². The summed E-state index contributed by atoms with van der Waals surface area (Å²) in [5.41, 5.74) is 6.31. The maximum Gasteiger partial charge on any atom is 0.127 e. The highest BCUT2D eigenvalue weighted by Crippen LogP contribution is 2.21. The maximum absolute atomic E-state index is 5.58. The molecule has 0 bridgehead atoms. The molecule has 2 aromatic carbocycles. The van der Waals surface area contributed by atoms with Crippen LogP contribution in [-0.4, -0.2) is 0 Å². The molecular formula is C14H19NO. The Hall–Kier alpha value is -1.96. The highest BCUT2D eigenvalue weighted by molar-refractivity contribution is 5.42. The van der Waals surface area contributed by atoms with Crippen LogP contribution in [0.2, 0.25) is 0 Å². The number of anilines is 1.